The van der Waals surface area contributed by atoms with Gasteiger partial charge in [0.25, 0.3) is 0 Å². The van der Waals surface area contributed by atoms with Gasteiger partial charge < -0.3 is 16.2 Å². The number of aliphatic hydroxyl groups excluding tert-OH is 1. The van der Waals surface area contributed by atoms with Crippen LogP contribution >= 0.6 is 23.2 Å². The standard InChI is InChI=1S/C15H22Cl2N2O2/c1-3-15(4-2,9-18)14(21)19-8-12(20)13-10(16)6-5-7-11(13)17/h5-7,12,20H,3-4,8-9,18H2,1-2H3,(H,19,21). The number of hydrogen-bond donors (Lipinski definition) is 3. The molecule has 4 nitrogen and oxygen atoms in total. The molecule has 0 saturated heterocycles. The summed E-state index contributed by atoms with van der Waals surface area (Å²) in [6.07, 6.45) is 0.336. The van der Waals surface area contributed by atoms with Crippen LogP contribution in [0.4, 0.5) is 0 Å². The maximum absolute atomic E-state index is 12.3. The highest BCUT2D eigenvalue weighted by Crippen LogP contribution is 2.30. The normalized spacial score (nSPS) is 13.0. The van der Waals surface area contributed by atoms with E-state index in [1.807, 2.05) is 13.8 Å². The van der Waals surface area contributed by atoms with Crippen LogP contribution in [0, 0.1) is 5.41 Å². The van der Waals surface area contributed by atoms with Gasteiger partial charge in [0, 0.05) is 28.7 Å². The zero-order valence-corrected chi connectivity index (χ0v) is 13.8. The van der Waals surface area contributed by atoms with Crippen LogP contribution in [0.15, 0.2) is 18.2 Å². The van der Waals surface area contributed by atoms with E-state index in [4.69, 9.17) is 28.9 Å². The zero-order chi connectivity index (χ0) is 16.0. The number of aliphatic hydroxyl groups is 1. The third kappa shape index (κ3) is 4.10. The van der Waals surface area contributed by atoms with Crippen molar-refractivity contribution < 1.29 is 9.90 Å². The number of nitrogens with one attached hydrogen (secondary N) is 1. The monoisotopic (exact) mass is 332 g/mol. The van der Waals surface area contributed by atoms with Gasteiger partial charge in [0.1, 0.15) is 0 Å². The quantitative estimate of drug-likeness (QED) is 0.718. The van der Waals surface area contributed by atoms with Gasteiger partial charge in [0.05, 0.1) is 11.5 Å². The first-order valence-corrected chi connectivity index (χ1v) is 7.77. The van der Waals surface area contributed by atoms with Crippen molar-refractivity contribution in [3.05, 3.63) is 33.8 Å². The minimum atomic E-state index is -0.959. The SMILES string of the molecule is CCC(CC)(CN)C(=O)NCC(O)c1c(Cl)cccc1Cl. The van der Waals surface area contributed by atoms with E-state index >= 15 is 0 Å². The Hall–Kier alpha value is -0.810. The maximum Gasteiger partial charge on any atom is 0.227 e. The lowest BCUT2D eigenvalue weighted by molar-refractivity contribution is -0.131. The van der Waals surface area contributed by atoms with Crippen LogP contribution in [0.3, 0.4) is 0 Å². The van der Waals surface area contributed by atoms with E-state index in [0.29, 0.717) is 28.5 Å². The second-order valence-corrected chi connectivity index (χ2v) is 5.87. The highest BCUT2D eigenvalue weighted by atomic mass is 35.5. The van der Waals surface area contributed by atoms with Gasteiger partial charge in [-0.1, -0.05) is 43.1 Å². The Bertz CT molecular complexity index is 462. The molecule has 0 aromatic heterocycles. The molecule has 0 saturated carbocycles. The van der Waals surface area contributed by atoms with E-state index in [9.17, 15) is 9.90 Å². The molecule has 1 aromatic rings. The van der Waals surface area contributed by atoms with Crippen molar-refractivity contribution in [2.75, 3.05) is 13.1 Å². The Morgan fingerprint density at radius 1 is 1.33 bits per heavy atom. The number of benzene rings is 1. The van der Waals surface area contributed by atoms with Crippen molar-refractivity contribution >= 4 is 29.1 Å². The fraction of sp³-hybridized carbons (Fsp3) is 0.533. The van der Waals surface area contributed by atoms with Crippen LogP contribution in [-0.2, 0) is 4.79 Å². The molecule has 0 aliphatic carbocycles. The average Bonchev–Trinajstić information content (AvgIpc) is 2.47. The summed E-state index contributed by atoms with van der Waals surface area (Å²) in [5, 5.41) is 13.7. The van der Waals surface area contributed by atoms with Gasteiger partial charge in [-0.25, -0.2) is 0 Å². The Kier molecular flexibility index (Phi) is 6.94. The Labute approximate surface area is 135 Å². The molecular weight excluding hydrogens is 311 g/mol. The third-order valence-electron chi connectivity index (χ3n) is 4.01. The molecular formula is C15H22Cl2N2O2. The lowest BCUT2D eigenvalue weighted by atomic mass is 9.81. The molecule has 0 aliphatic heterocycles. The summed E-state index contributed by atoms with van der Waals surface area (Å²) in [6, 6.07) is 5.00. The lowest BCUT2D eigenvalue weighted by Crippen LogP contribution is -2.46. The molecule has 6 heteroatoms. The highest BCUT2D eigenvalue weighted by Gasteiger charge is 2.33. The minimum Gasteiger partial charge on any atom is -0.386 e. The van der Waals surface area contributed by atoms with Crippen LogP contribution in [-0.4, -0.2) is 24.1 Å². The van der Waals surface area contributed by atoms with Gasteiger partial charge in [0.2, 0.25) is 5.91 Å². The molecule has 4 N–H and O–H groups in total. The molecule has 1 rings (SSSR count). The van der Waals surface area contributed by atoms with E-state index in [1.54, 1.807) is 18.2 Å². The first kappa shape index (κ1) is 18.2. The van der Waals surface area contributed by atoms with Crippen LogP contribution in [0.1, 0.15) is 38.4 Å². The van der Waals surface area contributed by atoms with Crippen molar-refractivity contribution in [3.63, 3.8) is 0 Å². The molecule has 1 aromatic carbocycles. The van der Waals surface area contributed by atoms with Gasteiger partial charge in [-0.2, -0.15) is 0 Å². The van der Waals surface area contributed by atoms with Crippen molar-refractivity contribution in [3.8, 4) is 0 Å². The Morgan fingerprint density at radius 2 is 1.86 bits per heavy atom. The van der Waals surface area contributed by atoms with Gasteiger partial charge in [-0.15, -0.1) is 0 Å². The van der Waals surface area contributed by atoms with Crippen LogP contribution < -0.4 is 11.1 Å². The molecule has 1 atom stereocenters. The topological polar surface area (TPSA) is 75.4 Å². The van der Waals surface area contributed by atoms with Gasteiger partial charge >= 0.3 is 0 Å². The fourth-order valence-electron chi connectivity index (χ4n) is 2.26. The smallest absolute Gasteiger partial charge is 0.227 e. The molecule has 118 valence electrons. The number of carbonyl (C=O) groups excluding carboxylic acids is 1. The number of hydrogen-bond acceptors (Lipinski definition) is 3. The summed E-state index contributed by atoms with van der Waals surface area (Å²) in [5.74, 6) is -0.155. The lowest BCUT2D eigenvalue weighted by Gasteiger charge is -2.29. The van der Waals surface area contributed by atoms with Crippen molar-refractivity contribution in [2.24, 2.45) is 11.1 Å². The average molecular weight is 333 g/mol. The first-order chi connectivity index (χ1) is 9.91. The molecule has 0 fully saturated rings. The molecule has 0 aliphatic rings. The van der Waals surface area contributed by atoms with E-state index in [1.165, 1.54) is 0 Å². The second-order valence-electron chi connectivity index (χ2n) is 5.05. The molecule has 1 unspecified atom stereocenters. The number of nitrogens with two attached hydrogens (primary N) is 1. The van der Waals surface area contributed by atoms with Crippen molar-refractivity contribution in [1.82, 2.24) is 5.32 Å². The molecule has 21 heavy (non-hydrogen) atoms. The highest BCUT2D eigenvalue weighted by molar-refractivity contribution is 6.36. The van der Waals surface area contributed by atoms with Crippen LogP contribution in [0.2, 0.25) is 10.0 Å². The third-order valence-corrected chi connectivity index (χ3v) is 4.67. The Balaban J connectivity index is 2.77. The summed E-state index contributed by atoms with van der Waals surface area (Å²) >= 11 is 12.1. The molecule has 0 bridgehead atoms. The van der Waals surface area contributed by atoms with Crippen molar-refractivity contribution in [1.29, 1.82) is 0 Å². The maximum atomic E-state index is 12.3. The first-order valence-electron chi connectivity index (χ1n) is 7.02. The predicted molar refractivity (Wildman–Crippen MR) is 86.5 cm³/mol. The fourth-order valence-corrected chi connectivity index (χ4v) is 2.91. The molecule has 1 amide bonds. The van der Waals surface area contributed by atoms with Crippen LogP contribution in [0.25, 0.3) is 0 Å². The molecule has 0 spiro atoms. The van der Waals surface area contributed by atoms with Gasteiger partial charge in [-0.05, 0) is 25.0 Å². The zero-order valence-electron chi connectivity index (χ0n) is 12.3. The van der Waals surface area contributed by atoms with E-state index in [0.717, 1.165) is 0 Å². The second kappa shape index (κ2) is 7.99. The predicted octanol–water partition coefficient (Wildman–Crippen LogP) is 2.91. The van der Waals surface area contributed by atoms with E-state index < -0.39 is 11.5 Å². The molecule has 0 heterocycles. The number of carbonyl (C=O) groups is 1. The van der Waals surface area contributed by atoms with E-state index in [2.05, 4.69) is 5.32 Å². The van der Waals surface area contributed by atoms with Gasteiger partial charge in [-0.3, -0.25) is 4.79 Å². The summed E-state index contributed by atoms with van der Waals surface area (Å²) in [4.78, 5) is 12.3. The summed E-state index contributed by atoms with van der Waals surface area (Å²) in [7, 11) is 0. The minimum absolute atomic E-state index is 0.0457. The number of amides is 1. The molecule has 0 radical (unpaired) electrons. The van der Waals surface area contributed by atoms with E-state index in [-0.39, 0.29) is 19.0 Å². The van der Waals surface area contributed by atoms with Crippen molar-refractivity contribution in [2.45, 2.75) is 32.8 Å². The van der Waals surface area contributed by atoms with Gasteiger partial charge in [0.15, 0.2) is 0 Å². The largest absolute Gasteiger partial charge is 0.386 e. The number of halogens is 2. The summed E-state index contributed by atoms with van der Waals surface area (Å²) < 4.78 is 0. The summed E-state index contributed by atoms with van der Waals surface area (Å²) in [6.45, 7) is 4.17. The van der Waals surface area contributed by atoms with Crippen LogP contribution in [0.5, 0.6) is 0 Å². The Morgan fingerprint density at radius 3 is 2.29 bits per heavy atom. The summed E-state index contributed by atoms with van der Waals surface area (Å²) in [5.41, 5.74) is 5.56. The number of rotatable bonds is 7.